The van der Waals surface area contributed by atoms with E-state index in [2.05, 4.69) is 37.5 Å². The molecule has 3 aromatic rings. The number of pyridine rings is 2. The minimum Gasteiger partial charge on any atom is -0.365 e. The molecule has 0 unspecified atom stereocenters. The number of hydrogen-bond acceptors (Lipinski definition) is 7. The molecule has 0 radical (unpaired) electrons. The van der Waals surface area contributed by atoms with Crippen LogP contribution in [0.15, 0.2) is 30.7 Å². The van der Waals surface area contributed by atoms with Crippen LogP contribution in [0.3, 0.4) is 0 Å². The molecular formula is C19H22N6OS. The summed E-state index contributed by atoms with van der Waals surface area (Å²) in [7, 11) is 3.94. The highest BCUT2D eigenvalue weighted by Gasteiger charge is 2.23. The van der Waals surface area contributed by atoms with Crippen LogP contribution in [-0.2, 0) is 4.79 Å². The van der Waals surface area contributed by atoms with Crippen molar-refractivity contribution in [1.29, 1.82) is 0 Å². The Balaban J connectivity index is 1.54. The van der Waals surface area contributed by atoms with Crippen LogP contribution in [0.25, 0.3) is 21.3 Å². The van der Waals surface area contributed by atoms with Crippen LogP contribution in [-0.4, -0.2) is 52.9 Å². The number of nitrogens with zero attached hydrogens (tertiary/aromatic N) is 4. The number of fused-ring (bicyclic) bond motifs is 1. The quantitative estimate of drug-likeness (QED) is 0.722. The molecule has 0 saturated carbocycles. The third kappa shape index (κ3) is 3.91. The van der Waals surface area contributed by atoms with Crippen LogP contribution in [0.5, 0.6) is 0 Å². The lowest BCUT2D eigenvalue weighted by Crippen LogP contribution is -2.36. The van der Waals surface area contributed by atoms with Gasteiger partial charge in [-0.25, -0.2) is 9.97 Å². The van der Waals surface area contributed by atoms with Crippen LogP contribution in [0.1, 0.15) is 12.8 Å². The average molecular weight is 382 g/mol. The monoisotopic (exact) mass is 382 g/mol. The van der Waals surface area contributed by atoms with Gasteiger partial charge in [-0.15, -0.1) is 0 Å². The zero-order valence-electron chi connectivity index (χ0n) is 15.4. The Morgan fingerprint density at radius 1 is 1.11 bits per heavy atom. The second-order valence-electron chi connectivity index (χ2n) is 6.83. The molecular weight excluding hydrogens is 360 g/mol. The number of carbonyl (C=O) groups is 1. The van der Waals surface area contributed by atoms with Gasteiger partial charge in [0.25, 0.3) is 0 Å². The first-order chi connectivity index (χ1) is 13.1. The van der Waals surface area contributed by atoms with Gasteiger partial charge in [0, 0.05) is 36.9 Å². The molecule has 1 aliphatic heterocycles. The van der Waals surface area contributed by atoms with Gasteiger partial charge >= 0.3 is 0 Å². The van der Waals surface area contributed by atoms with Gasteiger partial charge in [0.2, 0.25) is 5.91 Å². The van der Waals surface area contributed by atoms with Crippen molar-refractivity contribution in [1.82, 2.24) is 19.9 Å². The van der Waals surface area contributed by atoms with Crippen LogP contribution in [0, 0.1) is 5.92 Å². The maximum Gasteiger partial charge on any atom is 0.228 e. The predicted octanol–water partition coefficient (Wildman–Crippen LogP) is 3.08. The maximum absolute atomic E-state index is 12.5. The van der Waals surface area contributed by atoms with Gasteiger partial charge in [0.15, 0.2) is 5.13 Å². The van der Waals surface area contributed by atoms with Crippen molar-refractivity contribution in [2.45, 2.75) is 12.8 Å². The van der Waals surface area contributed by atoms with Crippen LogP contribution in [0.2, 0.25) is 0 Å². The zero-order valence-corrected chi connectivity index (χ0v) is 16.2. The van der Waals surface area contributed by atoms with Gasteiger partial charge in [0.1, 0.15) is 5.82 Å². The molecule has 0 aliphatic carbocycles. The summed E-state index contributed by atoms with van der Waals surface area (Å²) in [5.74, 6) is 0.706. The molecule has 8 heteroatoms. The molecule has 3 aromatic heterocycles. The topological polar surface area (TPSA) is 83.0 Å². The number of nitrogens with one attached hydrogen (secondary N) is 2. The highest BCUT2D eigenvalue weighted by atomic mass is 32.1. The minimum atomic E-state index is 0.0591. The van der Waals surface area contributed by atoms with E-state index in [1.807, 2.05) is 25.4 Å². The first-order valence-corrected chi connectivity index (χ1v) is 9.83. The summed E-state index contributed by atoms with van der Waals surface area (Å²) >= 11 is 1.55. The highest BCUT2D eigenvalue weighted by Crippen LogP contribution is 2.29. The van der Waals surface area contributed by atoms with E-state index < -0.39 is 0 Å². The second-order valence-corrected chi connectivity index (χ2v) is 7.86. The zero-order chi connectivity index (χ0) is 18.8. The fourth-order valence-corrected chi connectivity index (χ4v) is 3.99. The summed E-state index contributed by atoms with van der Waals surface area (Å²) in [5, 5.41) is 8.81. The van der Waals surface area contributed by atoms with Gasteiger partial charge in [-0.1, -0.05) is 11.3 Å². The largest absolute Gasteiger partial charge is 0.365 e. The van der Waals surface area contributed by atoms with Crippen LogP contribution < -0.4 is 10.6 Å². The van der Waals surface area contributed by atoms with Gasteiger partial charge in [-0.05, 0) is 50.5 Å². The number of anilines is 2. The van der Waals surface area contributed by atoms with E-state index in [0.717, 1.165) is 52.4 Å². The van der Waals surface area contributed by atoms with Crippen molar-refractivity contribution in [3.63, 3.8) is 0 Å². The number of piperidine rings is 1. The van der Waals surface area contributed by atoms with E-state index >= 15 is 0 Å². The summed E-state index contributed by atoms with van der Waals surface area (Å²) in [6, 6.07) is 3.92. The van der Waals surface area contributed by atoms with Crippen molar-refractivity contribution >= 4 is 39.0 Å². The van der Waals surface area contributed by atoms with E-state index in [0.29, 0.717) is 5.82 Å². The minimum absolute atomic E-state index is 0.0591. The van der Waals surface area contributed by atoms with E-state index in [9.17, 15) is 4.79 Å². The molecule has 27 heavy (non-hydrogen) atoms. The summed E-state index contributed by atoms with van der Waals surface area (Å²) < 4.78 is 0. The lowest BCUT2D eigenvalue weighted by Gasteiger charge is -2.27. The molecule has 4 rings (SSSR count). The molecule has 4 heterocycles. The second kappa shape index (κ2) is 7.58. The Labute approximate surface area is 161 Å². The van der Waals surface area contributed by atoms with Crippen molar-refractivity contribution in [2.24, 2.45) is 5.92 Å². The maximum atomic E-state index is 12.5. The molecule has 1 saturated heterocycles. The fourth-order valence-electron chi connectivity index (χ4n) is 3.25. The fraction of sp³-hybridized carbons (Fsp3) is 0.368. The van der Waals surface area contributed by atoms with Crippen molar-refractivity contribution < 1.29 is 4.79 Å². The number of carbonyl (C=O) groups excluding carboxylic acids is 1. The lowest BCUT2D eigenvalue weighted by molar-refractivity contribution is -0.121. The summed E-state index contributed by atoms with van der Waals surface area (Å²) in [4.78, 5) is 29.0. The molecule has 1 aliphatic rings. The van der Waals surface area contributed by atoms with Gasteiger partial charge in [0.05, 0.1) is 10.6 Å². The number of amides is 1. The van der Waals surface area contributed by atoms with Crippen LogP contribution >= 0.6 is 11.3 Å². The molecule has 0 bridgehead atoms. The Hall–Kier alpha value is -2.58. The summed E-state index contributed by atoms with van der Waals surface area (Å²) in [5.41, 5.74) is 0.861. The third-order valence-corrected chi connectivity index (χ3v) is 5.95. The Morgan fingerprint density at radius 2 is 1.89 bits per heavy atom. The normalized spacial score (nSPS) is 15.8. The summed E-state index contributed by atoms with van der Waals surface area (Å²) in [6.07, 6.45) is 7.15. The number of likely N-dealkylation sites (tertiary alicyclic amines) is 1. The first kappa shape index (κ1) is 17.8. The molecule has 0 aromatic carbocycles. The third-order valence-electron chi connectivity index (χ3n) is 4.92. The Bertz CT molecular complexity index is 964. The van der Waals surface area contributed by atoms with Crippen LogP contribution in [0.4, 0.5) is 10.9 Å². The van der Waals surface area contributed by atoms with Gasteiger partial charge in [-0.2, -0.15) is 0 Å². The van der Waals surface area contributed by atoms with E-state index in [1.165, 1.54) is 0 Å². The predicted molar refractivity (Wildman–Crippen MR) is 109 cm³/mol. The number of rotatable bonds is 4. The summed E-state index contributed by atoms with van der Waals surface area (Å²) in [6.45, 7) is 1.92. The lowest BCUT2D eigenvalue weighted by atomic mass is 9.96. The molecule has 2 N–H and O–H groups in total. The average Bonchev–Trinajstić information content (AvgIpc) is 3.17. The molecule has 0 spiro atoms. The molecule has 1 amide bonds. The Kier molecular flexibility index (Phi) is 5.00. The van der Waals surface area contributed by atoms with Crippen molar-refractivity contribution in [2.75, 3.05) is 37.8 Å². The van der Waals surface area contributed by atoms with E-state index in [1.54, 1.807) is 23.7 Å². The van der Waals surface area contributed by atoms with E-state index in [-0.39, 0.29) is 11.8 Å². The molecule has 7 nitrogen and oxygen atoms in total. The number of hydrogen-bond donors (Lipinski definition) is 2. The molecule has 0 atom stereocenters. The van der Waals surface area contributed by atoms with Crippen molar-refractivity contribution in [3.05, 3.63) is 30.7 Å². The highest BCUT2D eigenvalue weighted by molar-refractivity contribution is 7.18. The van der Waals surface area contributed by atoms with Gasteiger partial charge < -0.3 is 15.5 Å². The number of aromatic nitrogens is 3. The smallest absolute Gasteiger partial charge is 0.228 e. The SMILES string of the molecule is CNc1ncc(-c2cc3cc(NC(=O)C4CCN(C)CC4)ncc3cn2)s1. The van der Waals surface area contributed by atoms with E-state index in [4.69, 9.17) is 0 Å². The number of thiazole rings is 1. The standard InChI is InChI=1S/C19H22N6OS/c1-20-19-23-11-16(27-19)15-7-13-8-17(22-10-14(13)9-21-15)24-18(26)12-3-5-25(2)6-4-12/h7-12H,3-6H2,1-2H3,(H,20,23)(H,22,24,26). The first-order valence-electron chi connectivity index (χ1n) is 9.01. The molecule has 1 fully saturated rings. The molecule has 140 valence electrons. The van der Waals surface area contributed by atoms with Crippen molar-refractivity contribution in [3.8, 4) is 10.6 Å². The Morgan fingerprint density at radius 3 is 2.63 bits per heavy atom. The van der Waals surface area contributed by atoms with Gasteiger partial charge in [-0.3, -0.25) is 9.78 Å².